The van der Waals surface area contributed by atoms with Crippen LogP contribution in [0.25, 0.3) is 0 Å². The van der Waals surface area contributed by atoms with Crippen molar-refractivity contribution in [3.8, 4) is 0 Å². The van der Waals surface area contributed by atoms with E-state index in [1.54, 1.807) is 17.4 Å². The highest BCUT2D eigenvalue weighted by molar-refractivity contribution is 7.89. The average molecular weight is 483 g/mol. The molecule has 0 aromatic carbocycles. The molecule has 0 aliphatic carbocycles. The normalized spacial score (nSPS) is 21.2. The van der Waals surface area contributed by atoms with Gasteiger partial charge >= 0.3 is 12.1 Å². The maximum Gasteiger partial charge on any atom is 0.490 e. The van der Waals surface area contributed by atoms with Gasteiger partial charge in [0.25, 0.3) is 0 Å². The van der Waals surface area contributed by atoms with Crippen molar-refractivity contribution in [1.29, 1.82) is 0 Å². The molecule has 1 aromatic rings. The number of alkyl halides is 3. The highest BCUT2D eigenvalue weighted by atomic mass is 32.2. The minimum atomic E-state index is -5.08. The van der Waals surface area contributed by atoms with Crippen molar-refractivity contribution in [3.63, 3.8) is 0 Å². The first-order valence-corrected chi connectivity index (χ1v) is 12.0. The fourth-order valence-corrected chi connectivity index (χ4v) is 5.07. The lowest BCUT2D eigenvalue weighted by molar-refractivity contribution is -0.192. The van der Waals surface area contributed by atoms with Crippen LogP contribution in [-0.2, 0) is 30.9 Å². The zero-order valence-electron chi connectivity index (χ0n) is 17.9. The van der Waals surface area contributed by atoms with Gasteiger partial charge in [0.05, 0.1) is 18.0 Å². The molecule has 8 nitrogen and oxygen atoms in total. The zero-order valence-corrected chi connectivity index (χ0v) is 18.7. The largest absolute Gasteiger partial charge is 0.490 e. The van der Waals surface area contributed by atoms with Gasteiger partial charge in [-0.3, -0.25) is 4.98 Å². The lowest BCUT2D eigenvalue weighted by Crippen LogP contribution is -2.49. The molecular weight excluding hydrogens is 453 g/mol. The maximum atomic E-state index is 12.0. The minimum absolute atomic E-state index is 0.155. The second-order valence-corrected chi connectivity index (χ2v) is 9.96. The van der Waals surface area contributed by atoms with Gasteiger partial charge < -0.3 is 14.6 Å². The minimum Gasteiger partial charge on any atom is -0.475 e. The Morgan fingerprint density at radius 2 is 2.03 bits per heavy atom. The third kappa shape index (κ3) is 7.39. The van der Waals surface area contributed by atoms with Gasteiger partial charge in [-0.15, -0.1) is 0 Å². The molecule has 2 aliphatic rings. The smallest absolute Gasteiger partial charge is 0.475 e. The quantitative estimate of drug-likeness (QED) is 0.596. The Morgan fingerprint density at radius 1 is 1.38 bits per heavy atom. The number of piperidine rings is 1. The molecule has 1 spiro atoms. The monoisotopic (exact) mass is 482 g/mol. The molecule has 3 heterocycles. The summed E-state index contributed by atoms with van der Waals surface area (Å²) in [4.78, 5) is 13.0. The van der Waals surface area contributed by atoms with Crippen molar-refractivity contribution in [3.05, 3.63) is 30.1 Å². The molecule has 1 unspecified atom stereocenters. The first kappa shape index (κ1) is 26.5. The van der Waals surface area contributed by atoms with Crippen LogP contribution in [0, 0.1) is 5.92 Å². The van der Waals surface area contributed by atoms with Gasteiger partial charge in [-0.2, -0.15) is 13.2 Å². The van der Waals surface area contributed by atoms with E-state index in [1.807, 2.05) is 18.3 Å². The van der Waals surface area contributed by atoms with Crippen LogP contribution < -0.4 is 0 Å². The molecule has 0 radical (unpaired) electrons. The molecule has 0 saturated carbocycles. The van der Waals surface area contributed by atoms with E-state index in [0.717, 1.165) is 37.9 Å². The number of pyridine rings is 1. The number of aromatic nitrogens is 1. The summed E-state index contributed by atoms with van der Waals surface area (Å²) in [7, 11) is -3.09. The van der Waals surface area contributed by atoms with Crippen molar-refractivity contribution in [1.82, 2.24) is 9.29 Å². The van der Waals surface area contributed by atoms with Crippen LogP contribution in [0.2, 0.25) is 0 Å². The Hall–Kier alpha value is -1.76. The zero-order chi connectivity index (χ0) is 23.8. The second kappa shape index (κ2) is 11.4. The number of rotatable bonds is 7. The van der Waals surface area contributed by atoms with E-state index >= 15 is 0 Å². The number of carbonyl (C=O) groups is 1. The fourth-order valence-electron chi connectivity index (χ4n) is 3.97. The van der Waals surface area contributed by atoms with Gasteiger partial charge in [-0.25, -0.2) is 17.5 Å². The molecule has 2 aliphatic heterocycles. The number of carboxylic acids is 1. The highest BCUT2D eigenvalue weighted by Crippen LogP contribution is 2.42. The third-order valence-corrected chi connectivity index (χ3v) is 7.65. The number of halogens is 3. The molecule has 2 saturated heterocycles. The maximum absolute atomic E-state index is 12.0. The Balaban J connectivity index is 0.000000451. The molecule has 182 valence electrons. The standard InChI is InChI=1S/C18H28N2O4S.C2HF3O2/c1-2-25(21,22)20-10-7-18(8-11-20)17(6-13-24-18)5-12-23-15-16-4-3-9-19-14-16;3-2(4,5)1(6)7/h3-4,9,14,17H,2,5-8,10-13,15H2,1H3;(H,6,7). The Labute approximate surface area is 185 Å². The Bertz CT molecular complexity index is 827. The summed E-state index contributed by atoms with van der Waals surface area (Å²) in [5, 5.41) is 7.12. The molecule has 1 aromatic heterocycles. The van der Waals surface area contributed by atoms with E-state index in [1.165, 1.54) is 0 Å². The molecular formula is C20H29F3N2O6S. The number of hydrogen-bond acceptors (Lipinski definition) is 6. The van der Waals surface area contributed by atoms with Gasteiger partial charge in [0.2, 0.25) is 10.0 Å². The summed E-state index contributed by atoms with van der Waals surface area (Å²) in [6.45, 7) is 4.90. The number of nitrogens with zero attached hydrogens (tertiary/aromatic N) is 2. The number of ether oxygens (including phenoxy) is 2. The number of sulfonamides is 1. The van der Waals surface area contributed by atoms with Gasteiger partial charge in [-0.1, -0.05) is 6.07 Å². The van der Waals surface area contributed by atoms with E-state index < -0.39 is 22.2 Å². The third-order valence-electron chi connectivity index (χ3n) is 5.77. The molecule has 12 heteroatoms. The van der Waals surface area contributed by atoms with Crippen molar-refractivity contribution in [2.24, 2.45) is 5.92 Å². The Kier molecular flexibility index (Phi) is 9.43. The van der Waals surface area contributed by atoms with Crippen LogP contribution in [0.1, 0.15) is 38.2 Å². The lowest BCUT2D eigenvalue weighted by Gasteiger charge is -2.41. The summed E-state index contributed by atoms with van der Waals surface area (Å²) in [6, 6.07) is 3.92. The van der Waals surface area contributed by atoms with Gasteiger partial charge in [0.15, 0.2) is 0 Å². The molecule has 32 heavy (non-hydrogen) atoms. The number of carboxylic acid groups (broad SMARTS) is 1. The lowest BCUT2D eigenvalue weighted by atomic mass is 9.78. The SMILES string of the molecule is CCS(=O)(=O)N1CCC2(CC1)OCCC2CCOCc1cccnc1.O=C(O)C(F)(F)F. The summed E-state index contributed by atoms with van der Waals surface area (Å²) >= 11 is 0. The molecule has 3 rings (SSSR count). The molecule has 2 fully saturated rings. The van der Waals surface area contributed by atoms with E-state index in [2.05, 4.69) is 4.98 Å². The van der Waals surface area contributed by atoms with Crippen LogP contribution in [0.4, 0.5) is 13.2 Å². The first-order valence-electron chi connectivity index (χ1n) is 10.4. The van der Waals surface area contributed by atoms with Crippen LogP contribution in [0.3, 0.4) is 0 Å². The Morgan fingerprint density at radius 3 is 2.56 bits per heavy atom. The molecule has 1 atom stereocenters. The topological polar surface area (TPSA) is 106 Å². The van der Waals surface area contributed by atoms with Gasteiger partial charge in [-0.05, 0) is 50.2 Å². The predicted molar refractivity (Wildman–Crippen MR) is 109 cm³/mol. The number of aliphatic carboxylic acids is 1. The van der Waals surface area contributed by atoms with Crippen LogP contribution >= 0.6 is 0 Å². The van der Waals surface area contributed by atoms with E-state index in [0.29, 0.717) is 32.2 Å². The fraction of sp³-hybridized carbons (Fsp3) is 0.700. The first-order chi connectivity index (χ1) is 15.0. The van der Waals surface area contributed by atoms with Crippen molar-refractivity contribution in [2.75, 3.05) is 32.1 Å². The van der Waals surface area contributed by atoms with Gasteiger partial charge in [0, 0.05) is 38.7 Å². The van der Waals surface area contributed by atoms with Crippen molar-refractivity contribution >= 4 is 16.0 Å². The van der Waals surface area contributed by atoms with Gasteiger partial charge in [0.1, 0.15) is 0 Å². The summed E-state index contributed by atoms with van der Waals surface area (Å²) < 4.78 is 69.4. The van der Waals surface area contributed by atoms with Crippen molar-refractivity contribution in [2.45, 2.75) is 51.0 Å². The summed E-state index contributed by atoms with van der Waals surface area (Å²) in [5.41, 5.74) is 0.926. The van der Waals surface area contributed by atoms with Crippen LogP contribution in [0.5, 0.6) is 0 Å². The molecule has 0 bridgehead atoms. The van der Waals surface area contributed by atoms with E-state index in [4.69, 9.17) is 19.4 Å². The molecule has 1 N–H and O–H groups in total. The number of hydrogen-bond donors (Lipinski definition) is 1. The van der Waals surface area contributed by atoms with E-state index in [-0.39, 0.29) is 11.4 Å². The summed E-state index contributed by atoms with van der Waals surface area (Å²) in [6.07, 6.45) is 2.08. The second-order valence-electron chi connectivity index (χ2n) is 7.70. The average Bonchev–Trinajstić information content (AvgIpc) is 3.13. The van der Waals surface area contributed by atoms with Crippen molar-refractivity contribution < 1.29 is 41.0 Å². The molecule has 0 amide bonds. The highest BCUT2D eigenvalue weighted by Gasteiger charge is 2.47. The van der Waals surface area contributed by atoms with Crippen LogP contribution in [0.15, 0.2) is 24.5 Å². The summed E-state index contributed by atoms with van der Waals surface area (Å²) in [5.74, 6) is -2.13. The van der Waals surface area contributed by atoms with Crippen LogP contribution in [-0.4, -0.2) is 72.6 Å². The predicted octanol–water partition coefficient (Wildman–Crippen LogP) is 2.84. The van der Waals surface area contributed by atoms with E-state index in [9.17, 15) is 21.6 Å².